The first kappa shape index (κ1) is 21.7. The third-order valence-corrected chi connectivity index (χ3v) is 5.15. The SMILES string of the molecule is COc1ccc(NC(=O)c2ccccc2)c(C(=O)NCCN2CCN(C)CC2)c1F. The average Bonchev–Trinajstić information content (AvgIpc) is 2.76. The van der Waals surface area contributed by atoms with Crippen LogP contribution in [0.15, 0.2) is 42.5 Å². The van der Waals surface area contributed by atoms with Gasteiger partial charge in [-0.05, 0) is 31.3 Å². The van der Waals surface area contributed by atoms with Gasteiger partial charge in [-0.25, -0.2) is 4.39 Å². The number of halogens is 1. The highest BCUT2D eigenvalue weighted by Crippen LogP contribution is 2.27. The lowest BCUT2D eigenvalue weighted by Crippen LogP contribution is -2.47. The molecule has 2 N–H and O–H groups in total. The van der Waals surface area contributed by atoms with Gasteiger partial charge in [-0.1, -0.05) is 18.2 Å². The molecule has 0 bridgehead atoms. The Kier molecular flexibility index (Phi) is 7.37. The summed E-state index contributed by atoms with van der Waals surface area (Å²) in [6.45, 7) is 4.88. The summed E-state index contributed by atoms with van der Waals surface area (Å²) in [5.74, 6) is -1.88. The van der Waals surface area contributed by atoms with Gasteiger partial charge in [0.05, 0.1) is 12.8 Å². The highest BCUT2D eigenvalue weighted by Gasteiger charge is 2.23. The van der Waals surface area contributed by atoms with Gasteiger partial charge in [0.25, 0.3) is 11.8 Å². The fourth-order valence-electron chi connectivity index (χ4n) is 3.31. The Morgan fingerprint density at radius 3 is 2.40 bits per heavy atom. The molecule has 2 aromatic carbocycles. The first-order chi connectivity index (χ1) is 14.5. The number of nitrogens with zero attached hydrogens (tertiary/aromatic N) is 2. The molecule has 30 heavy (non-hydrogen) atoms. The monoisotopic (exact) mass is 414 g/mol. The molecule has 1 heterocycles. The Labute approximate surface area is 175 Å². The van der Waals surface area contributed by atoms with Crippen LogP contribution in [-0.2, 0) is 0 Å². The van der Waals surface area contributed by atoms with E-state index >= 15 is 0 Å². The van der Waals surface area contributed by atoms with Crippen molar-refractivity contribution in [3.05, 3.63) is 59.4 Å². The second kappa shape index (κ2) is 10.2. The number of ether oxygens (including phenoxy) is 1. The van der Waals surface area contributed by atoms with Crippen LogP contribution >= 0.6 is 0 Å². The maximum atomic E-state index is 14.9. The first-order valence-corrected chi connectivity index (χ1v) is 9.91. The Balaban J connectivity index is 1.71. The quantitative estimate of drug-likeness (QED) is 0.726. The van der Waals surface area contributed by atoms with Gasteiger partial charge in [-0.2, -0.15) is 0 Å². The van der Waals surface area contributed by atoms with E-state index in [4.69, 9.17) is 4.74 Å². The molecule has 0 radical (unpaired) electrons. The normalized spacial score (nSPS) is 14.9. The predicted molar refractivity (Wildman–Crippen MR) is 114 cm³/mol. The van der Waals surface area contributed by atoms with Crippen molar-refractivity contribution >= 4 is 17.5 Å². The molecule has 3 rings (SSSR count). The van der Waals surface area contributed by atoms with Gasteiger partial charge in [0.15, 0.2) is 11.6 Å². The number of anilines is 1. The third-order valence-electron chi connectivity index (χ3n) is 5.15. The Bertz CT molecular complexity index is 883. The zero-order valence-corrected chi connectivity index (χ0v) is 17.3. The van der Waals surface area contributed by atoms with E-state index in [2.05, 4.69) is 27.5 Å². The highest BCUT2D eigenvalue weighted by atomic mass is 19.1. The first-order valence-electron chi connectivity index (χ1n) is 9.91. The van der Waals surface area contributed by atoms with E-state index in [0.717, 1.165) is 26.2 Å². The van der Waals surface area contributed by atoms with Crippen molar-refractivity contribution in [3.63, 3.8) is 0 Å². The number of methoxy groups -OCH3 is 1. The van der Waals surface area contributed by atoms with Crippen LogP contribution in [0.25, 0.3) is 0 Å². The van der Waals surface area contributed by atoms with Crippen molar-refractivity contribution in [2.45, 2.75) is 0 Å². The Hall–Kier alpha value is -2.97. The van der Waals surface area contributed by atoms with Gasteiger partial charge in [0, 0.05) is 44.8 Å². The molecule has 0 aliphatic carbocycles. The number of nitrogens with one attached hydrogen (secondary N) is 2. The number of hydrogen-bond donors (Lipinski definition) is 2. The summed E-state index contributed by atoms with van der Waals surface area (Å²) in [6, 6.07) is 11.4. The van der Waals surface area contributed by atoms with Crippen molar-refractivity contribution in [2.24, 2.45) is 0 Å². The van der Waals surface area contributed by atoms with Gasteiger partial charge in [0.1, 0.15) is 5.56 Å². The molecule has 8 heteroatoms. The van der Waals surface area contributed by atoms with E-state index in [1.807, 2.05) is 0 Å². The number of carbonyl (C=O) groups is 2. The number of piperazine rings is 1. The van der Waals surface area contributed by atoms with Crippen molar-refractivity contribution in [1.82, 2.24) is 15.1 Å². The second-order valence-electron chi connectivity index (χ2n) is 7.23. The molecule has 7 nitrogen and oxygen atoms in total. The lowest BCUT2D eigenvalue weighted by Gasteiger charge is -2.32. The van der Waals surface area contributed by atoms with E-state index in [9.17, 15) is 14.0 Å². The Morgan fingerprint density at radius 2 is 1.73 bits per heavy atom. The molecular weight excluding hydrogens is 387 g/mol. The third kappa shape index (κ3) is 5.34. The summed E-state index contributed by atoms with van der Waals surface area (Å²) >= 11 is 0. The zero-order valence-electron chi connectivity index (χ0n) is 17.3. The molecule has 0 atom stereocenters. The molecular formula is C22H27FN4O3. The standard InChI is InChI=1S/C22H27FN4O3/c1-26-12-14-27(15-13-26)11-10-24-22(29)19-17(8-9-18(30-2)20(19)23)25-21(28)16-6-4-3-5-7-16/h3-9H,10-15H2,1-2H3,(H,24,29)(H,25,28). The number of benzene rings is 2. The van der Waals surface area contributed by atoms with Crippen molar-refractivity contribution in [2.75, 3.05) is 58.7 Å². The minimum atomic E-state index is -0.805. The van der Waals surface area contributed by atoms with Gasteiger partial charge in [0.2, 0.25) is 0 Å². The summed E-state index contributed by atoms with van der Waals surface area (Å²) in [5.41, 5.74) is 0.270. The molecule has 1 aliphatic rings. The maximum absolute atomic E-state index is 14.9. The molecule has 0 aromatic heterocycles. The van der Waals surface area contributed by atoms with E-state index in [1.165, 1.54) is 19.2 Å². The molecule has 0 saturated carbocycles. The van der Waals surface area contributed by atoms with Crippen LogP contribution in [0.2, 0.25) is 0 Å². The van der Waals surface area contributed by atoms with Crippen LogP contribution in [-0.4, -0.2) is 75.0 Å². The minimum absolute atomic E-state index is 0.0584. The van der Waals surface area contributed by atoms with Crippen LogP contribution in [0, 0.1) is 5.82 Å². The molecule has 0 spiro atoms. The summed E-state index contributed by atoms with van der Waals surface area (Å²) in [6.07, 6.45) is 0. The molecule has 160 valence electrons. The lowest BCUT2D eigenvalue weighted by molar-refractivity contribution is 0.0937. The van der Waals surface area contributed by atoms with E-state index in [-0.39, 0.29) is 17.0 Å². The van der Waals surface area contributed by atoms with Crippen LogP contribution in [0.5, 0.6) is 5.75 Å². The maximum Gasteiger partial charge on any atom is 0.256 e. The van der Waals surface area contributed by atoms with E-state index < -0.39 is 17.6 Å². The summed E-state index contributed by atoms with van der Waals surface area (Å²) in [5, 5.41) is 5.40. The highest BCUT2D eigenvalue weighted by molar-refractivity contribution is 6.09. The van der Waals surface area contributed by atoms with Crippen molar-refractivity contribution in [1.29, 1.82) is 0 Å². The van der Waals surface area contributed by atoms with Gasteiger partial charge >= 0.3 is 0 Å². The molecule has 0 unspecified atom stereocenters. The molecule has 1 saturated heterocycles. The molecule has 1 fully saturated rings. The topological polar surface area (TPSA) is 73.9 Å². The lowest BCUT2D eigenvalue weighted by atomic mass is 10.1. The van der Waals surface area contributed by atoms with Crippen LogP contribution < -0.4 is 15.4 Å². The number of rotatable bonds is 7. The minimum Gasteiger partial charge on any atom is -0.494 e. The largest absolute Gasteiger partial charge is 0.494 e. The van der Waals surface area contributed by atoms with Crippen LogP contribution in [0.3, 0.4) is 0 Å². The van der Waals surface area contributed by atoms with E-state index in [1.54, 1.807) is 30.3 Å². The fourth-order valence-corrected chi connectivity index (χ4v) is 3.31. The van der Waals surface area contributed by atoms with E-state index in [0.29, 0.717) is 18.7 Å². The summed E-state index contributed by atoms with van der Waals surface area (Å²) < 4.78 is 19.9. The number of likely N-dealkylation sites (N-methyl/N-ethyl adjacent to an activating group) is 1. The average molecular weight is 414 g/mol. The number of hydrogen-bond acceptors (Lipinski definition) is 5. The summed E-state index contributed by atoms with van der Waals surface area (Å²) in [7, 11) is 3.41. The predicted octanol–water partition coefficient (Wildman–Crippen LogP) is 2.06. The smallest absolute Gasteiger partial charge is 0.256 e. The zero-order chi connectivity index (χ0) is 21.5. The van der Waals surface area contributed by atoms with Crippen molar-refractivity contribution in [3.8, 4) is 5.75 Å². The molecule has 1 aliphatic heterocycles. The van der Waals surface area contributed by atoms with Gasteiger partial charge < -0.3 is 20.3 Å². The fraction of sp³-hybridized carbons (Fsp3) is 0.364. The number of carbonyl (C=O) groups excluding carboxylic acids is 2. The summed E-state index contributed by atoms with van der Waals surface area (Å²) in [4.78, 5) is 29.8. The second-order valence-corrected chi connectivity index (χ2v) is 7.23. The van der Waals surface area contributed by atoms with Crippen LogP contribution in [0.4, 0.5) is 10.1 Å². The Morgan fingerprint density at radius 1 is 1.03 bits per heavy atom. The van der Waals surface area contributed by atoms with Crippen molar-refractivity contribution < 1.29 is 18.7 Å². The molecule has 2 amide bonds. The van der Waals surface area contributed by atoms with Gasteiger partial charge in [-0.15, -0.1) is 0 Å². The number of amides is 2. The van der Waals surface area contributed by atoms with Crippen LogP contribution in [0.1, 0.15) is 20.7 Å². The molecule has 2 aromatic rings. The van der Waals surface area contributed by atoms with Gasteiger partial charge in [-0.3, -0.25) is 14.5 Å².